The van der Waals surface area contributed by atoms with Gasteiger partial charge >= 0.3 is 12.0 Å². The van der Waals surface area contributed by atoms with Crippen molar-refractivity contribution in [1.29, 1.82) is 0 Å². The molecule has 0 heterocycles. The molecule has 0 saturated carbocycles. The van der Waals surface area contributed by atoms with Crippen molar-refractivity contribution in [3.05, 3.63) is 0 Å². The third-order valence-electron chi connectivity index (χ3n) is 1.77. The molecule has 0 aromatic heterocycles. The Hall–Kier alpha value is -1.30. The molecule has 0 aliphatic carbocycles. The van der Waals surface area contributed by atoms with E-state index < -0.39 is 12.1 Å². The number of aliphatic hydroxyl groups is 1. The van der Waals surface area contributed by atoms with Crippen LogP contribution in [0.1, 0.15) is 27.2 Å². The van der Waals surface area contributed by atoms with Gasteiger partial charge in [0.2, 0.25) is 0 Å². The lowest BCUT2D eigenvalue weighted by atomic mass is 9.97. The molecule has 0 fully saturated rings. The Morgan fingerprint density at radius 1 is 1.25 bits per heavy atom. The van der Waals surface area contributed by atoms with E-state index >= 15 is 0 Å². The molecular weight excluding hydrogens is 212 g/mol. The lowest BCUT2D eigenvalue weighted by Gasteiger charge is -2.19. The van der Waals surface area contributed by atoms with Crippen molar-refractivity contribution in [2.75, 3.05) is 13.1 Å². The summed E-state index contributed by atoms with van der Waals surface area (Å²) >= 11 is 0. The fraction of sp³-hybridized carbons (Fsp3) is 0.800. The first-order chi connectivity index (χ1) is 7.22. The van der Waals surface area contributed by atoms with E-state index in [-0.39, 0.29) is 24.4 Å². The first-order valence-electron chi connectivity index (χ1n) is 5.15. The lowest BCUT2D eigenvalue weighted by Crippen LogP contribution is -2.41. The monoisotopic (exact) mass is 232 g/mol. The quantitative estimate of drug-likeness (QED) is 0.543. The Balaban J connectivity index is 3.63. The predicted molar refractivity (Wildman–Crippen MR) is 59.1 cm³/mol. The zero-order valence-corrected chi connectivity index (χ0v) is 9.91. The third kappa shape index (κ3) is 8.05. The van der Waals surface area contributed by atoms with E-state index in [0.717, 1.165) is 0 Å². The van der Waals surface area contributed by atoms with Crippen molar-refractivity contribution in [2.24, 2.45) is 5.41 Å². The summed E-state index contributed by atoms with van der Waals surface area (Å²) in [5.41, 5.74) is -0.00207. The van der Waals surface area contributed by atoms with Gasteiger partial charge in [-0.15, -0.1) is 0 Å². The van der Waals surface area contributed by atoms with Gasteiger partial charge in [-0.2, -0.15) is 0 Å². The van der Waals surface area contributed by atoms with Crippen LogP contribution in [-0.2, 0) is 4.79 Å². The number of carboxylic acid groups (broad SMARTS) is 1. The molecule has 1 atom stereocenters. The molecule has 1 unspecified atom stereocenters. The molecule has 0 aliphatic rings. The number of aliphatic hydroxyl groups excluding tert-OH is 1. The van der Waals surface area contributed by atoms with Crippen LogP contribution in [-0.4, -0.2) is 41.4 Å². The smallest absolute Gasteiger partial charge is 0.332 e. The standard InChI is InChI=1S/C10H20N2O4/c1-10(2,3)6-12-9(16)11-5-4-7(13)8(14)15/h7,13H,4-6H2,1-3H3,(H,14,15)(H2,11,12,16). The number of rotatable bonds is 5. The topological polar surface area (TPSA) is 98.7 Å². The second kappa shape index (κ2) is 6.32. The van der Waals surface area contributed by atoms with Crippen molar-refractivity contribution < 1.29 is 19.8 Å². The van der Waals surface area contributed by atoms with Crippen molar-refractivity contribution in [3.8, 4) is 0 Å². The first kappa shape index (κ1) is 14.7. The fourth-order valence-corrected chi connectivity index (χ4v) is 0.854. The maximum atomic E-state index is 11.2. The number of hydrogen-bond acceptors (Lipinski definition) is 3. The Morgan fingerprint density at radius 2 is 1.81 bits per heavy atom. The van der Waals surface area contributed by atoms with Crippen LogP contribution in [0.15, 0.2) is 0 Å². The van der Waals surface area contributed by atoms with E-state index in [0.29, 0.717) is 6.54 Å². The third-order valence-corrected chi connectivity index (χ3v) is 1.77. The molecule has 2 amide bonds. The molecule has 0 spiro atoms. The van der Waals surface area contributed by atoms with Gasteiger partial charge in [-0.25, -0.2) is 9.59 Å². The van der Waals surface area contributed by atoms with E-state index in [4.69, 9.17) is 10.2 Å². The number of carbonyl (C=O) groups is 2. The summed E-state index contributed by atoms with van der Waals surface area (Å²) in [5.74, 6) is -1.28. The Labute approximate surface area is 95.0 Å². The largest absolute Gasteiger partial charge is 0.479 e. The molecule has 0 radical (unpaired) electrons. The number of aliphatic carboxylic acids is 1. The van der Waals surface area contributed by atoms with E-state index in [1.165, 1.54) is 0 Å². The van der Waals surface area contributed by atoms with Crippen LogP contribution in [0, 0.1) is 5.41 Å². The van der Waals surface area contributed by atoms with Crippen molar-refractivity contribution in [1.82, 2.24) is 10.6 Å². The molecule has 0 rings (SSSR count). The first-order valence-corrected chi connectivity index (χ1v) is 5.15. The van der Waals surface area contributed by atoms with Gasteiger partial charge < -0.3 is 20.8 Å². The van der Waals surface area contributed by atoms with Crippen LogP contribution in [0.4, 0.5) is 4.79 Å². The van der Waals surface area contributed by atoms with Gasteiger partial charge in [0.25, 0.3) is 0 Å². The summed E-state index contributed by atoms with van der Waals surface area (Å²) in [7, 11) is 0. The van der Waals surface area contributed by atoms with E-state index in [2.05, 4.69) is 10.6 Å². The maximum absolute atomic E-state index is 11.2. The van der Waals surface area contributed by atoms with Gasteiger partial charge in [0, 0.05) is 19.5 Å². The van der Waals surface area contributed by atoms with Gasteiger partial charge in [-0.3, -0.25) is 0 Å². The second-order valence-electron chi connectivity index (χ2n) is 4.81. The van der Waals surface area contributed by atoms with Gasteiger partial charge in [-0.05, 0) is 5.41 Å². The number of carboxylic acids is 1. The Kier molecular flexibility index (Phi) is 5.81. The average Bonchev–Trinajstić information content (AvgIpc) is 2.13. The van der Waals surface area contributed by atoms with Crippen LogP contribution >= 0.6 is 0 Å². The zero-order valence-electron chi connectivity index (χ0n) is 9.91. The molecular formula is C10H20N2O4. The highest BCUT2D eigenvalue weighted by atomic mass is 16.4. The molecule has 6 nitrogen and oxygen atoms in total. The minimum Gasteiger partial charge on any atom is -0.479 e. The van der Waals surface area contributed by atoms with Crippen molar-refractivity contribution >= 4 is 12.0 Å². The number of amides is 2. The molecule has 0 aliphatic heterocycles. The summed E-state index contributed by atoms with van der Waals surface area (Å²) in [6, 6.07) is -0.354. The summed E-state index contributed by atoms with van der Waals surface area (Å²) in [5, 5.41) is 22.4. The summed E-state index contributed by atoms with van der Waals surface area (Å²) < 4.78 is 0. The molecule has 4 N–H and O–H groups in total. The van der Waals surface area contributed by atoms with Crippen LogP contribution in [0.3, 0.4) is 0 Å². The van der Waals surface area contributed by atoms with Crippen molar-refractivity contribution in [3.63, 3.8) is 0 Å². The van der Waals surface area contributed by atoms with E-state index in [9.17, 15) is 9.59 Å². The molecule has 0 bridgehead atoms. The second-order valence-corrected chi connectivity index (χ2v) is 4.81. The van der Waals surface area contributed by atoms with Gasteiger partial charge in [0.1, 0.15) is 0 Å². The summed E-state index contributed by atoms with van der Waals surface area (Å²) in [6.45, 7) is 6.62. The van der Waals surface area contributed by atoms with E-state index in [1.807, 2.05) is 20.8 Å². The Bertz CT molecular complexity index is 248. The molecule has 0 saturated heterocycles. The highest BCUT2D eigenvalue weighted by Crippen LogP contribution is 2.09. The predicted octanol–water partition coefficient (Wildman–Crippen LogP) is 0.167. The molecule has 0 aromatic carbocycles. The van der Waals surface area contributed by atoms with Gasteiger partial charge in [-0.1, -0.05) is 20.8 Å². The maximum Gasteiger partial charge on any atom is 0.332 e. The number of carbonyl (C=O) groups excluding carboxylic acids is 1. The fourth-order valence-electron chi connectivity index (χ4n) is 0.854. The summed E-state index contributed by atoms with van der Waals surface area (Å²) in [4.78, 5) is 21.4. The minimum absolute atomic E-state index is 0.00172. The zero-order chi connectivity index (χ0) is 12.8. The number of nitrogens with one attached hydrogen (secondary N) is 2. The van der Waals surface area contributed by atoms with Crippen molar-refractivity contribution in [2.45, 2.75) is 33.3 Å². The van der Waals surface area contributed by atoms with Crippen LogP contribution < -0.4 is 10.6 Å². The van der Waals surface area contributed by atoms with Gasteiger partial charge in [0.15, 0.2) is 6.10 Å². The molecule has 6 heteroatoms. The van der Waals surface area contributed by atoms with Gasteiger partial charge in [0.05, 0.1) is 0 Å². The van der Waals surface area contributed by atoms with Crippen LogP contribution in [0.5, 0.6) is 0 Å². The number of hydrogen-bond donors (Lipinski definition) is 4. The lowest BCUT2D eigenvalue weighted by molar-refractivity contribution is -0.146. The molecule has 0 aromatic rings. The molecule has 94 valence electrons. The molecule has 16 heavy (non-hydrogen) atoms. The normalized spacial score (nSPS) is 13.0. The Morgan fingerprint density at radius 3 is 2.25 bits per heavy atom. The van der Waals surface area contributed by atoms with Crippen LogP contribution in [0.2, 0.25) is 0 Å². The summed E-state index contributed by atoms with van der Waals surface area (Å²) in [6.07, 6.45) is -1.43. The SMILES string of the molecule is CC(C)(C)CNC(=O)NCCC(O)C(=O)O. The van der Waals surface area contributed by atoms with E-state index in [1.54, 1.807) is 0 Å². The number of urea groups is 1. The highest BCUT2D eigenvalue weighted by molar-refractivity contribution is 5.74. The van der Waals surface area contributed by atoms with Crippen LogP contribution in [0.25, 0.3) is 0 Å². The average molecular weight is 232 g/mol. The minimum atomic E-state index is -1.43. The highest BCUT2D eigenvalue weighted by Gasteiger charge is 2.14.